The van der Waals surface area contributed by atoms with E-state index in [4.69, 9.17) is 8.83 Å². The lowest BCUT2D eigenvalue weighted by Crippen LogP contribution is -1.97. The second-order valence-corrected chi connectivity index (χ2v) is 14.8. The third-order valence-corrected chi connectivity index (χ3v) is 11.6. The number of hydrogen-bond acceptors (Lipinski definition) is 2. The number of hydrogen-bond donors (Lipinski definition) is 0. The van der Waals surface area contributed by atoms with Gasteiger partial charge in [-0.3, -0.25) is 0 Å². The molecular weight excluding hydrogens is 681 g/mol. The van der Waals surface area contributed by atoms with Crippen LogP contribution in [0.1, 0.15) is 0 Å². The van der Waals surface area contributed by atoms with Crippen LogP contribution in [0.3, 0.4) is 0 Å². The van der Waals surface area contributed by atoms with Crippen molar-refractivity contribution in [3.8, 4) is 77.9 Å². The number of para-hydroxylation sites is 2. The largest absolute Gasteiger partial charge is 0.456 e. The van der Waals surface area contributed by atoms with Crippen molar-refractivity contribution < 1.29 is 8.83 Å². The molecule has 1 aliphatic rings. The first-order chi connectivity index (χ1) is 27.7. The lowest BCUT2D eigenvalue weighted by atomic mass is 9.80. The average molecular weight is 713 g/mol. The minimum atomic E-state index is 0.894. The van der Waals surface area contributed by atoms with Gasteiger partial charge in [0.25, 0.3) is 0 Å². The molecule has 2 aromatic heterocycles. The third-order valence-electron chi connectivity index (χ3n) is 11.6. The summed E-state index contributed by atoms with van der Waals surface area (Å²) < 4.78 is 12.5. The zero-order chi connectivity index (χ0) is 36.7. The first kappa shape index (κ1) is 31.0. The summed E-state index contributed by atoms with van der Waals surface area (Å²) in [5, 5.41) is 4.49. The Morgan fingerprint density at radius 3 is 0.964 bits per heavy atom. The van der Waals surface area contributed by atoms with E-state index in [9.17, 15) is 0 Å². The van der Waals surface area contributed by atoms with E-state index in [0.29, 0.717) is 0 Å². The highest BCUT2D eigenvalue weighted by atomic mass is 16.3. The van der Waals surface area contributed by atoms with Gasteiger partial charge in [-0.15, -0.1) is 0 Å². The monoisotopic (exact) mass is 712 g/mol. The molecule has 0 spiro atoms. The van der Waals surface area contributed by atoms with E-state index in [-0.39, 0.29) is 0 Å². The van der Waals surface area contributed by atoms with Gasteiger partial charge in [0.1, 0.15) is 22.3 Å². The van der Waals surface area contributed by atoms with Crippen molar-refractivity contribution in [1.29, 1.82) is 0 Å². The highest BCUT2D eigenvalue weighted by molar-refractivity contribution is 6.08. The molecule has 1 aliphatic carbocycles. The first-order valence-electron chi connectivity index (χ1n) is 19.1. The van der Waals surface area contributed by atoms with E-state index in [2.05, 4.69) is 170 Å². The maximum absolute atomic E-state index is 6.24. The summed E-state index contributed by atoms with van der Waals surface area (Å²) in [6.45, 7) is 0. The van der Waals surface area contributed by atoms with Gasteiger partial charge in [0.15, 0.2) is 0 Å². The topological polar surface area (TPSA) is 26.3 Å². The molecule has 2 heterocycles. The summed E-state index contributed by atoms with van der Waals surface area (Å²) in [7, 11) is 0. The molecule has 11 aromatic rings. The van der Waals surface area contributed by atoms with Crippen LogP contribution in [-0.2, 0) is 0 Å². The molecule has 0 saturated heterocycles. The van der Waals surface area contributed by atoms with E-state index in [1.807, 2.05) is 24.3 Å². The van der Waals surface area contributed by atoms with Crippen molar-refractivity contribution >= 4 is 43.9 Å². The lowest BCUT2D eigenvalue weighted by molar-refractivity contribution is 0.668. The van der Waals surface area contributed by atoms with Crippen LogP contribution in [-0.4, -0.2) is 0 Å². The van der Waals surface area contributed by atoms with E-state index in [1.165, 1.54) is 44.5 Å². The Morgan fingerprint density at radius 1 is 0.196 bits per heavy atom. The van der Waals surface area contributed by atoms with Crippen LogP contribution in [0.15, 0.2) is 203 Å². The Labute approximate surface area is 323 Å². The Hall–Kier alpha value is -7.42. The van der Waals surface area contributed by atoms with Gasteiger partial charge in [-0.25, -0.2) is 0 Å². The summed E-state index contributed by atoms with van der Waals surface area (Å²) in [6.07, 6.45) is 0. The zero-order valence-electron chi connectivity index (χ0n) is 30.3. The van der Waals surface area contributed by atoms with Crippen molar-refractivity contribution in [2.45, 2.75) is 0 Å². The van der Waals surface area contributed by atoms with Crippen LogP contribution in [0.25, 0.3) is 122 Å². The van der Waals surface area contributed by atoms with Crippen LogP contribution >= 0.6 is 0 Å². The zero-order valence-corrected chi connectivity index (χ0v) is 30.3. The van der Waals surface area contributed by atoms with Crippen molar-refractivity contribution in [2.75, 3.05) is 0 Å². The number of furan rings is 2. The van der Waals surface area contributed by atoms with E-state index in [1.54, 1.807) is 0 Å². The second-order valence-electron chi connectivity index (χ2n) is 14.8. The molecule has 56 heavy (non-hydrogen) atoms. The minimum Gasteiger partial charge on any atom is -0.456 e. The Balaban J connectivity index is 1.10. The van der Waals surface area contributed by atoms with Gasteiger partial charge in [0.2, 0.25) is 0 Å². The van der Waals surface area contributed by atoms with Crippen LogP contribution in [0.2, 0.25) is 0 Å². The predicted octanol–water partition coefficient (Wildman–Crippen LogP) is 15.5. The highest BCUT2D eigenvalue weighted by Gasteiger charge is 2.22. The van der Waals surface area contributed by atoms with Crippen LogP contribution in [0, 0.1) is 0 Å². The highest BCUT2D eigenvalue weighted by Crippen LogP contribution is 2.49. The molecule has 0 atom stereocenters. The Kier molecular flexibility index (Phi) is 6.66. The summed E-state index contributed by atoms with van der Waals surface area (Å²) in [5.41, 5.74) is 20.4. The molecule has 2 heteroatoms. The maximum atomic E-state index is 6.24. The molecule has 12 rings (SSSR count). The summed E-state index contributed by atoms with van der Waals surface area (Å²) in [5.74, 6) is 0. The Morgan fingerprint density at radius 2 is 0.518 bits per heavy atom. The predicted molar refractivity (Wildman–Crippen MR) is 233 cm³/mol. The van der Waals surface area contributed by atoms with Crippen LogP contribution in [0.5, 0.6) is 0 Å². The minimum absolute atomic E-state index is 0.894. The van der Waals surface area contributed by atoms with Crippen molar-refractivity contribution in [3.63, 3.8) is 0 Å². The summed E-state index contributed by atoms with van der Waals surface area (Å²) >= 11 is 0. The molecule has 0 amide bonds. The van der Waals surface area contributed by atoms with Gasteiger partial charge in [-0.05, 0) is 139 Å². The van der Waals surface area contributed by atoms with Crippen LogP contribution in [0.4, 0.5) is 0 Å². The van der Waals surface area contributed by atoms with E-state index < -0.39 is 0 Å². The molecule has 0 bridgehead atoms. The fourth-order valence-corrected chi connectivity index (χ4v) is 8.98. The van der Waals surface area contributed by atoms with Gasteiger partial charge < -0.3 is 8.83 Å². The molecule has 0 unspecified atom stereocenters. The molecule has 0 radical (unpaired) electrons. The number of fused-ring (bicyclic) bond motifs is 14. The lowest BCUT2D eigenvalue weighted by Gasteiger charge is -2.23. The van der Waals surface area contributed by atoms with Crippen molar-refractivity contribution in [1.82, 2.24) is 0 Å². The van der Waals surface area contributed by atoms with Gasteiger partial charge in [-0.2, -0.15) is 0 Å². The standard InChI is InChI=1S/C54H32O2/c1-2-12-40-39(11-1)41-13-3-4-15-43(41)45-24-21-33(30-48(45)44-16-6-5-14-42(40)44)36-27-37(34-22-25-53-49(31-34)46-17-7-9-19-51(46)55-53)29-38(28-36)35-23-26-54-50(32-35)47-18-8-10-20-52(47)56-54/h1-32H. The first-order valence-corrected chi connectivity index (χ1v) is 19.1. The van der Waals surface area contributed by atoms with Gasteiger partial charge in [0, 0.05) is 21.5 Å². The molecule has 260 valence electrons. The molecular formula is C54H32O2. The van der Waals surface area contributed by atoms with E-state index in [0.717, 1.165) is 77.3 Å². The molecule has 0 fully saturated rings. The maximum Gasteiger partial charge on any atom is 0.135 e. The van der Waals surface area contributed by atoms with Gasteiger partial charge >= 0.3 is 0 Å². The summed E-state index contributed by atoms with van der Waals surface area (Å²) in [4.78, 5) is 0. The molecule has 9 aromatic carbocycles. The van der Waals surface area contributed by atoms with Crippen molar-refractivity contribution in [2.24, 2.45) is 0 Å². The quantitative estimate of drug-likeness (QED) is 0.182. The van der Waals surface area contributed by atoms with Gasteiger partial charge in [0.05, 0.1) is 0 Å². The molecule has 0 aliphatic heterocycles. The molecule has 0 saturated carbocycles. The van der Waals surface area contributed by atoms with E-state index >= 15 is 0 Å². The normalized spacial score (nSPS) is 11.9. The van der Waals surface area contributed by atoms with Crippen LogP contribution < -0.4 is 0 Å². The SMILES string of the molecule is c1ccc2c(c1)-c1ccccc1-c1ccc(-c3cc(-c4ccc5oc6ccccc6c5c4)cc(-c4ccc5oc6ccccc6c5c4)c3)cc1-c1ccccc1-2. The van der Waals surface area contributed by atoms with Crippen molar-refractivity contribution in [3.05, 3.63) is 194 Å². The smallest absolute Gasteiger partial charge is 0.135 e. The molecule has 2 nitrogen and oxygen atoms in total. The second kappa shape index (κ2) is 12.0. The number of benzene rings is 9. The number of rotatable bonds is 3. The van der Waals surface area contributed by atoms with Gasteiger partial charge in [-0.1, -0.05) is 133 Å². The summed E-state index contributed by atoms with van der Waals surface area (Å²) in [6, 6.07) is 70.3. The fraction of sp³-hybridized carbons (Fsp3) is 0. The average Bonchev–Trinajstić information content (AvgIpc) is 3.83. The third kappa shape index (κ3) is 4.76. The molecule has 0 N–H and O–H groups in total. The fourth-order valence-electron chi connectivity index (χ4n) is 8.98. The Bertz CT molecular complexity index is 3240.